The highest BCUT2D eigenvalue weighted by Gasteiger charge is 2.11. The van der Waals surface area contributed by atoms with Gasteiger partial charge in [0.05, 0.1) is 11.5 Å². The predicted octanol–water partition coefficient (Wildman–Crippen LogP) is -1.54. The van der Waals surface area contributed by atoms with Crippen LogP contribution in [-0.4, -0.2) is 55.4 Å². The number of nitrogens with two attached hydrogens (primary N) is 1. The molecule has 4 N–H and O–H groups in total. The lowest BCUT2D eigenvalue weighted by Gasteiger charge is -2.09. The number of carbonyl (C=O) groups is 2. The molecule has 0 rings (SSSR count). The average Bonchev–Trinajstić information content (AvgIpc) is 2.20. The lowest BCUT2D eigenvalue weighted by atomic mass is 10.4. The van der Waals surface area contributed by atoms with Crippen molar-refractivity contribution in [3.63, 3.8) is 0 Å². The van der Waals surface area contributed by atoms with Crippen molar-refractivity contribution in [2.75, 3.05) is 33.7 Å². The molecule has 0 unspecified atom stereocenters. The summed E-state index contributed by atoms with van der Waals surface area (Å²) in [6.07, 6.45) is 0.793. The predicted molar refractivity (Wildman–Crippen MR) is 66.0 cm³/mol. The number of hydrogen-bond acceptors (Lipinski definition) is 4. The van der Waals surface area contributed by atoms with E-state index in [2.05, 4.69) is 22.9 Å². The highest BCUT2D eigenvalue weighted by atomic mass is 32.1. The van der Waals surface area contributed by atoms with Crippen LogP contribution in [0.4, 0.5) is 0 Å². The van der Waals surface area contributed by atoms with Gasteiger partial charge in [0.15, 0.2) is 0 Å². The van der Waals surface area contributed by atoms with E-state index in [-0.39, 0.29) is 11.5 Å². The van der Waals surface area contributed by atoms with Gasteiger partial charge in [-0.1, -0.05) is 12.2 Å². The smallest absolute Gasteiger partial charge is 0.309 e. The molecule has 0 aromatic carbocycles. The second-order valence-electron chi connectivity index (χ2n) is 3.56. The monoisotopic (exact) mass is 246 g/mol. The molecule has 0 saturated heterocycles. The van der Waals surface area contributed by atoms with Gasteiger partial charge in [-0.15, -0.1) is 0 Å². The van der Waals surface area contributed by atoms with E-state index in [0.29, 0.717) is 6.54 Å². The third-order valence-electron chi connectivity index (χ3n) is 1.70. The summed E-state index contributed by atoms with van der Waals surface area (Å²) in [4.78, 5) is 24.5. The fourth-order valence-electron chi connectivity index (χ4n) is 0.925. The summed E-state index contributed by atoms with van der Waals surface area (Å²) in [7, 11) is 3.88. The Labute approximate surface area is 101 Å². The van der Waals surface area contributed by atoms with E-state index in [0.717, 1.165) is 13.0 Å². The molecule has 6 nitrogen and oxygen atoms in total. The molecule has 2 amide bonds. The van der Waals surface area contributed by atoms with E-state index in [4.69, 9.17) is 5.73 Å². The van der Waals surface area contributed by atoms with Gasteiger partial charge in [0.1, 0.15) is 0 Å². The Morgan fingerprint density at radius 2 is 1.81 bits per heavy atom. The van der Waals surface area contributed by atoms with Crippen molar-refractivity contribution in [2.24, 2.45) is 5.73 Å². The quantitative estimate of drug-likeness (QED) is 0.300. The molecule has 0 saturated carbocycles. The number of nitrogens with one attached hydrogen (secondary N) is 2. The number of rotatable bonds is 6. The maximum Gasteiger partial charge on any atom is 0.309 e. The lowest BCUT2D eigenvalue weighted by Crippen LogP contribution is -2.43. The van der Waals surface area contributed by atoms with Crippen LogP contribution in [0.5, 0.6) is 0 Å². The first-order chi connectivity index (χ1) is 7.43. The SMILES string of the molecule is CN(C)CCCNC(=O)C(=O)NCC(N)=S. The molecule has 7 heteroatoms. The van der Waals surface area contributed by atoms with Crippen LogP contribution in [0.3, 0.4) is 0 Å². The third-order valence-corrected chi connectivity index (χ3v) is 1.84. The zero-order valence-electron chi connectivity index (χ0n) is 9.58. The average molecular weight is 246 g/mol. The molecule has 16 heavy (non-hydrogen) atoms. The van der Waals surface area contributed by atoms with E-state index >= 15 is 0 Å². The molecule has 0 aromatic rings. The van der Waals surface area contributed by atoms with Crippen LogP contribution in [0, 0.1) is 0 Å². The molecule has 92 valence electrons. The molecule has 0 atom stereocenters. The Hall–Kier alpha value is -1.21. The maximum atomic E-state index is 11.2. The van der Waals surface area contributed by atoms with Crippen LogP contribution >= 0.6 is 12.2 Å². The van der Waals surface area contributed by atoms with Crippen molar-refractivity contribution in [3.8, 4) is 0 Å². The third kappa shape index (κ3) is 8.13. The zero-order chi connectivity index (χ0) is 12.6. The molecular weight excluding hydrogens is 228 g/mol. The molecule has 0 heterocycles. The highest BCUT2D eigenvalue weighted by Crippen LogP contribution is 1.80. The fourth-order valence-corrected chi connectivity index (χ4v) is 0.997. The van der Waals surface area contributed by atoms with E-state index in [1.165, 1.54) is 0 Å². The van der Waals surface area contributed by atoms with E-state index in [1.54, 1.807) is 0 Å². The Morgan fingerprint density at radius 3 is 2.31 bits per heavy atom. The van der Waals surface area contributed by atoms with Crippen molar-refractivity contribution in [2.45, 2.75) is 6.42 Å². The van der Waals surface area contributed by atoms with Crippen LogP contribution < -0.4 is 16.4 Å². The first kappa shape index (κ1) is 14.8. The summed E-state index contributed by atoms with van der Waals surface area (Å²) in [5.41, 5.74) is 5.18. The normalized spacial score (nSPS) is 9.94. The van der Waals surface area contributed by atoms with Gasteiger partial charge in [0.2, 0.25) is 0 Å². The molecular formula is C9H18N4O2S. The topological polar surface area (TPSA) is 87.5 Å². The summed E-state index contributed by atoms with van der Waals surface area (Å²) in [5.74, 6) is -1.37. The molecule has 0 radical (unpaired) electrons. The van der Waals surface area contributed by atoms with E-state index < -0.39 is 11.8 Å². The molecule has 0 aliphatic carbocycles. The number of nitrogens with zero attached hydrogens (tertiary/aromatic N) is 1. The van der Waals surface area contributed by atoms with Crippen molar-refractivity contribution >= 4 is 29.0 Å². The summed E-state index contributed by atoms with van der Waals surface area (Å²) in [5, 5.41) is 4.80. The molecule has 0 fully saturated rings. The molecule has 0 aliphatic rings. The van der Waals surface area contributed by atoms with Crippen LogP contribution in [0.1, 0.15) is 6.42 Å². The first-order valence-corrected chi connectivity index (χ1v) is 5.33. The zero-order valence-corrected chi connectivity index (χ0v) is 10.4. The minimum atomic E-state index is -0.711. The molecule has 0 bridgehead atoms. The maximum absolute atomic E-state index is 11.2. The van der Waals surface area contributed by atoms with Gasteiger partial charge in [-0.25, -0.2) is 0 Å². The fraction of sp³-hybridized carbons (Fsp3) is 0.667. The Morgan fingerprint density at radius 1 is 1.25 bits per heavy atom. The van der Waals surface area contributed by atoms with Gasteiger partial charge >= 0.3 is 11.8 Å². The van der Waals surface area contributed by atoms with Crippen molar-refractivity contribution < 1.29 is 9.59 Å². The molecule has 0 aliphatic heterocycles. The van der Waals surface area contributed by atoms with Gasteiger partial charge in [0, 0.05) is 6.54 Å². The van der Waals surface area contributed by atoms with E-state index in [1.807, 2.05) is 19.0 Å². The number of carbonyl (C=O) groups excluding carboxylic acids is 2. The van der Waals surface area contributed by atoms with Gasteiger partial charge < -0.3 is 21.3 Å². The summed E-state index contributed by atoms with van der Waals surface area (Å²) >= 11 is 4.56. The number of hydrogen-bond donors (Lipinski definition) is 3. The number of amides is 2. The Balaban J connectivity index is 3.63. The number of thiocarbonyl (C=S) groups is 1. The second-order valence-corrected chi connectivity index (χ2v) is 4.09. The second kappa shape index (κ2) is 8.00. The Kier molecular flexibility index (Phi) is 7.40. The highest BCUT2D eigenvalue weighted by molar-refractivity contribution is 7.80. The summed E-state index contributed by atoms with van der Waals surface area (Å²) in [6.45, 7) is 1.37. The minimum absolute atomic E-state index is 0.0410. The lowest BCUT2D eigenvalue weighted by molar-refractivity contribution is -0.139. The van der Waals surface area contributed by atoms with Crippen molar-refractivity contribution in [3.05, 3.63) is 0 Å². The largest absolute Gasteiger partial charge is 0.392 e. The van der Waals surface area contributed by atoms with Crippen molar-refractivity contribution in [1.29, 1.82) is 0 Å². The van der Waals surface area contributed by atoms with Gasteiger partial charge in [-0.3, -0.25) is 9.59 Å². The Bertz CT molecular complexity index is 268. The molecule has 0 aromatic heterocycles. The van der Waals surface area contributed by atoms with Crippen molar-refractivity contribution in [1.82, 2.24) is 15.5 Å². The van der Waals surface area contributed by atoms with Gasteiger partial charge in [-0.2, -0.15) is 0 Å². The minimum Gasteiger partial charge on any atom is -0.392 e. The summed E-state index contributed by atoms with van der Waals surface area (Å²) in [6, 6.07) is 0. The van der Waals surface area contributed by atoms with Gasteiger partial charge in [-0.05, 0) is 27.1 Å². The van der Waals surface area contributed by atoms with E-state index in [9.17, 15) is 9.59 Å². The van der Waals surface area contributed by atoms with Crippen LogP contribution in [-0.2, 0) is 9.59 Å². The molecule has 0 spiro atoms. The first-order valence-electron chi connectivity index (χ1n) is 4.92. The van der Waals surface area contributed by atoms with Crippen LogP contribution in [0.15, 0.2) is 0 Å². The van der Waals surface area contributed by atoms with Crippen LogP contribution in [0.25, 0.3) is 0 Å². The summed E-state index contributed by atoms with van der Waals surface area (Å²) < 4.78 is 0. The standard InChI is InChI=1S/C9H18N4O2S/c1-13(2)5-3-4-11-8(14)9(15)12-6-7(10)16/h3-6H2,1-2H3,(H2,10,16)(H,11,14)(H,12,15). The van der Waals surface area contributed by atoms with Crippen LogP contribution in [0.2, 0.25) is 0 Å². The van der Waals surface area contributed by atoms with Gasteiger partial charge in [0.25, 0.3) is 0 Å².